The number of ether oxygens (including phenoxy) is 1. The number of carbonyl (C=O) groups excluding carboxylic acids is 1. The zero-order chi connectivity index (χ0) is 12.1. The molecule has 1 aromatic rings. The van der Waals surface area contributed by atoms with Crippen LogP contribution in [0.25, 0.3) is 0 Å². The molecule has 1 unspecified atom stereocenters. The highest BCUT2D eigenvalue weighted by molar-refractivity contribution is 6.33. The van der Waals surface area contributed by atoms with Gasteiger partial charge < -0.3 is 15.8 Å². The van der Waals surface area contributed by atoms with Gasteiger partial charge in [-0.3, -0.25) is 4.79 Å². The van der Waals surface area contributed by atoms with Crippen LogP contribution < -0.4 is 11.1 Å². The number of nitrogens with two attached hydrogens (primary N) is 1. The molecule has 88 valence electrons. The van der Waals surface area contributed by atoms with Crippen molar-refractivity contribution in [3.8, 4) is 0 Å². The fourth-order valence-electron chi connectivity index (χ4n) is 1.15. The fourth-order valence-corrected chi connectivity index (χ4v) is 1.32. The van der Waals surface area contributed by atoms with Crippen LogP contribution in [-0.2, 0) is 4.74 Å². The van der Waals surface area contributed by atoms with Gasteiger partial charge in [0.2, 0.25) is 0 Å². The second kappa shape index (κ2) is 5.72. The molecule has 16 heavy (non-hydrogen) atoms. The van der Waals surface area contributed by atoms with E-state index in [1.54, 1.807) is 25.3 Å². The Labute approximate surface area is 99.7 Å². The maximum atomic E-state index is 11.7. The molecule has 0 aromatic heterocycles. The maximum absolute atomic E-state index is 11.7. The molecule has 0 saturated carbocycles. The predicted molar refractivity (Wildman–Crippen MR) is 64.7 cm³/mol. The number of rotatable bonds is 4. The van der Waals surface area contributed by atoms with Gasteiger partial charge in [0.15, 0.2) is 0 Å². The van der Waals surface area contributed by atoms with Crippen molar-refractivity contribution in [2.24, 2.45) is 0 Å². The Balaban J connectivity index is 2.70. The van der Waals surface area contributed by atoms with Crippen LogP contribution in [0.15, 0.2) is 18.2 Å². The van der Waals surface area contributed by atoms with E-state index in [2.05, 4.69) is 5.32 Å². The number of para-hydroxylation sites is 1. The highest BCUT2D eigenvalue weighted by atomic mass is 35.5. The van der Waals surface area contributed by atoms with Gasteiger partial charge in [-0.2, -0.15) is 0 Å². The lowest BCUT2D eigenvalue weighted by molar-refractivity contribution is 0.0871. The normalized spacial score (nSPS) is 12.2. The molecule has 1 aromatic carbocycles. The molecular weight excluding hydrogens is 228 g/mol. The van der Waals surface area contributed by atoms with Gasteiger partial charge in [0, 0.05) is 13.7 Å². The Hall–Kier alpha value is -1.26. The summed E-state index contributed by atoms with van der Waals surface area (Å²) < 4.78 is 5.02. The first-order chi connectivity index (χ1) is 7.56. The second-order valence-corrected chi connectivity index (χ2v) is 3.86. The number of hydrogen-bond acceptors (Lipinski definition) is 3. The van der Waals surface area contributed by atoms with Crippen molar-refractivity contribution in [2.75, 3.05) is 19.4 Å². The van der Waals surface area contributed by atoms with E-state index in [4.69, 9.17) is 22.1 Å². The summed E-state index contributed by atoms with van der Waals surface area (Å²) in [7, 11) is 1.59. The minimum Gasteiger partial charge on any atom is -0.397 e. The van der Waals surface area contributed by atoms with E-state index in [9.17, 15) is 4.79 Å². The number of amides is 1. The minimum atomic E-state index is -0.246. The van der Waals surface area contributed by atoms with Crippen LogP contribution in [-0.4, -0.2) is 25.7 Å². The molecule has 0 radical (unpaired) electrons. The maximum Gasteiger partial charge on any atom is 0.253 e. The summed E-state index contributed by atoms with van der Waals surface area (Å²) in [4.78, 5) is 11.7. The van der Waals surface area contributed by atoms with Crippen LogP contribution in [0.4, 0.5) is 5.69 Å². The Morgan fingerprint density at radius 2 is 2.31 bits per heavy atom. The SMILES string of the molecule is COC(C)CNC(=O)c1cccc(Cl)c1N. The Kier molecular flexibility index (Phi) is 4.58. The minimum absolute atomic E-state index is 0.0376. The van der Waals surface area contributed by atoms with Crippen LogP contribution in [0.5, 0.6) is 0 Å². The van der Waals surface area contributed by atoms with E-state index < -0.39 is 0 Å². The first-order valence-corrected chi connectivity index (χ1v) is 5.29. The van der Waals surface area contributed by atoms with Crippen LogP contribution in [0.1, 0.15) is 17.3 Å². The van der Waals surface area contributed by atoms with Crippen LogP contribution in [0.2, 0.25) is 5.02 Å². The van der Waals surface area contributed by atoms with E-state index in [1.807, 2.05) is 6.92 Å². The van der Waals surface area contributed by atoms with Crippen LogP contribution in [0, 0.1) is 0 Å². The largest absolute Gasteiger partial charge is 0.397 e. The molecule has 0 aliphatic rings. The lowest BCUT2D eigenvalue weighted by atomic mass is 10.1. The quantitative estimate of drug-likeness (QED) is 0.790. The smallest absolute Gasteiger partial charge is 0.253 e. The Morgan fingerprint density at radius 3 is 2.94 bits per heavy atom. The molecule has 0 aliphatic heterocycles. The number of carbonyl (C=O) groups is 1. The summed E-state index contributed by atoms with van der Waals surface area (Å²) in [5.74, 6) is -0.246. The number of methoxy groups -OCH3 is 1. The molecule has 0 aliphatic carbocycles. The molecule has 0 saturated heterocycles. The zero-order valence-electron chi connectivity index (χ0n) is 9.29. The summed E-state index contributed by atoms with van der Waals surface area (Å²) in [6.45, 7) is 2.29. The molecule has 5 heteroatoms. The number of benzene rings is 1. The van der Waals surface area contributed by atoms with Gasteiger partial charge in [0.1, 0.15) is 0 Å². The van der Waals surface area contributed by atoms with Gasteiger partial charge in [-0.05, 0) is 19.1 Å². The van der Waals surface area contributed by atoms with E-state index >= 15 is 0 Å². The van der Waals surface area contributed by atoms with Gasteiger partial charge in [-0.25, -0.2) is 0 Å². The number of nitrogens with one attached hydrogen (secondary N) is 1. The summed E-state index contributed by atoms with van der Waals surface area (Å²) >= 11 is 5.82. The van der Waals surface area contributed by atoms with Crippen molar-refractivity contribution in [1.29, 1.82) is 0 Å². The van der Waals surface area contributed by atoms with Crippen molar-refractivity contribution >= 4 is 23.2 Å². The van der Waals surface area contributed by atoms with E-state index in [-0.39, 0.29) is 12.0 Å². The highest BCUT2D eigenvalue weighted by Crippen LogP contribution is 2.22. The van der Waals surface area contributed by atoms with Crippen molar-refractivity contribution in [2.45, 2.75) is 13.0 Å². The van der Waals surface area contributed by atoms with Gasteiger partial charge in [-0.15, -0.1) is 0 Å². The van der Waals surface area contributed by atoms with Crippen molar-refractivity contribution in [3.05, 3.63) is 28.8 Å². The summed E-state index contributed by atoms with van der Waals surface area (Å²) in [6, 6.07) is 4.97. The van der Waals surface area contributed by atoms with Gasteiger partial charge >= 0.3 is 0 Å². The number of anilines is 1. The molecule has 1 atom stereocenters. The summed E-state index contributed by atoms with van der Waals surface area (Å²) in [5, 5.41) is 3.10. The Morgan fingerprint density at radius 1 is 1.62 bits per heavy atom. The van der Waals surface area contributed by atoms with Crippen molar-refractivity contribution in [3.63, 3.8) is 0 Å². The topological polar surface area (TPSA) is 64.3 Å². The molecule has 0 bridgehead atoms. The fraction of sp³-hybridized carbons (Fsp3) is 0.364. The first kappa shape index (κ1) is 12.8. The molecule has 0 spiro atoms. The zero-order valence-corrected chi connectivity index (χ0v) is 10.0. The first-order valence-electron chi connectivity index (χ1n) is 4.91. The molecule has 0 fully saturated rings. The van der Waals surface area contributed by atoms with E-state index in [1.165, 1.54) is 0 Å². The second-order valence-electron chi connectivity index (χ2n) is 3.46. The van der Waals surface area contributed by atoms with E-state index in [0.717, 1.165) is 0 Å². The molecule has 3 N–H and O–H groups in total. The Bertz CT molecular complexity index is 382. The average molecular weight is 243 g/mol. The standard InChI is InChI=1S/C11H15ClN2O2/c1-7(16-2)6-14-11(15)8-4-3-5-9(12)10(8)13/h3-5,7H,6,13H2,1-2H3,(H,14,15). The molecule has 4 nitrogen and oxygen atoms in total. The molecule has 0 heterocycles. The van der Waals surface area contributed by atoms with Gasteiger partial charge in [0.25, 0.3) is 5.91 Å². The summed E-state index contributed by atoms with van der Waals surface area (Å²) in [6.07, 6.45) is -0.0376. The third kappa shape index (κ3) is 3.12. The molecule has 1 rings (SSSR count). The number of hydrogen-bond donors (Lipinski definition) is 2. The monoisotopic (exact) mass is 242 g/mol. The third-order valence-corrected chi connectivity index (χ3v) is 2.58. The lowest BCUT2D eigenvalue weighted by Crippen LogP contribution is -2.32. The lowest BCUT2D eigenvalue weighted by Gasteiger charge is -2.12. The predicted octanol–water partition coefficient (Wildman–Crippen LogP) is 1.69. The van der Waals surface area contributed by atoms with Gasteiger partial charge in [-0.1, -0.05) is 17.7 Å². The molecule has 1 amide bonds. The van der Waals surface area contributed by atoms with Gasteiger partial charge in [0.05, 0.1) is 22.4 Å². The van der Waals surface area contributed by atoms with Crippen molar-refractivity contribution < 1.29 is 9.53 Å². The average Bonchev–Trinajstić information content (AvgIpc) is 2.29. The number of halogens is 1. The van der Waals surface area contributed by atoms with E-state index in [0.29, 0.717) is 22.8 Å². The van der Waals surface area contributed by atoms with Crippen LogP contribution in [0.3, 0.4) is 0 Å². The van der Waals surface area contributed by atoms with Crippen LogP contribution >= 0.6 is 11.6 Å². The highest BCUT2D eigenvalue weighted by Gasteiger charge is 2.12. The third-order valence-electron chi connectivity index (χ3n) is 2.25. The molecular formula is C11H15ClN2O2. The van der Waals surface area contributed by atoms with Crippen molar-refractivity contribution in [1.82, 2.24) is 5.32 Å². The number of nitrogen functional groups attached to an aromatic ring is 1. The summed E-state index contributed by atoms with van der Waals surface area (Å²) in [5.41, 5.74) is 6.38.